The predicted molar refractivity (Wildman–Crippen MR) is 73.0 cm³/mol. The van der Waals surface area contributed by atoms with E-state index in [2.05, 4.69) is 15.9 Å². The molecule has 2 rings (SSSR count). The molecule has 0 aromatic heterocycles. The summed E-state index contributed by atoms with van der Waals surface area (Å²) < 4.78 is 6.51. The van der Waals surface area contributed by atoms with Crippen LogP contribution in [0.15, 0.2) is 28.7 Å². The van der Waals surface area contributed by atoms with Crippen molar-refractivity contribution in [3.8, 4) is 0 Å². The lowest BCUT2D eigenvalue weighted by molar-refractivity contribution is -0.160. The van der Waals surface area contributed by atoms with Gasteiger partial charge in [-0.25, -0.2) is 0 Å². The summed E-state index contributed by atoms with van der Waals surface area (Å²) in [5, 5.41) is 0. The summed E-state index contributed by atoms with van der Waals surface area (Å²) in [6.45, 7) is 3.57. The first-order valence-corrected chi connectivity index (χ1v) is 6.68. The van der Waals surface area contributed by atoms with Crippen LogP contribution in [0.1, 0.15) is 12.5 Å². The number of hydrogen-bond donors (Lipinski definition) is 1. The van der Waals surface area contributed by atoms with E-state index in [9.17, 15) is 4.79 Å². The summed E-state index contributed by atoms with van der Waals surface area (Å²) in [7, 11) is 0. The molecular formula is C13H17BrN2O2. The number of rotatable bonds is 3. The van der Waals surface area contributed by atoms with Gasteiger partial charge in [0.2, 0.25) is 5.91 Å². The summed E-state index contributed by atoms with van der Waals surface area (Å²) in [4.78, 5) is 13.7. The Bertz CT molecular complexity index is 452. The molecule has 1 heterocycles. The average Bonchev–Trinajstić information content (AvgIpc) is 2.37. The van der Waals surface area contributed by atoms with E-state index in [-0.39, 0.29) is 12.5 Å². The number of nitrogens with two attached hydrogens (primary N) is 1. The molecule has 0 bridgehead atoms. The SMILES string of the molecule is CC1(CN)CN(Cc2ccccc2Br)C(=O)CO1. The molecule has 0 radical (unpaired) electrons. The zero-order valence-corrected chi connectivity index (χ0v) is 11.9. The van der Waals surface area contributed by atoms with Gasteiger partial charge in [0.25, 0.3) is 0 Å². The topological polar surface area (TPSA) is 55.6 Å². The largest absolute Gasteiger partial charge is 0.362 e. The van der Waals surface area contributed by atoms with Gasteiger partial charge in [-0.1, -0.05) is 34.1 Å². The number of ether oxygens (including phenoxy) is 1. The van der Waals surface area contributed by atoms with Gasteiger partial charge in [0, 0.05) is 17.6 Å². The van der Waals surface area contributed by atoms with E-state index in [0.717, 1.165) is 10.0 Å². The number of nitrogens with zero attached hydrogens (tertiary/aromatic N) is 1. The highest BCUT2D eigenvalue weighted by Crippen LogP contribution is 2.22. The lowest BCUT2D eigenvalue weighted by Crippen LogP contribution is -2.56. The van der Waals surface area contributed by atoms with E-state index in [1.165, 1.54) is 0 Å². The Morgan fingerprint density at radius 2 is 2.22 bits per heavy atom. The highest BCUT2D eigenvalue weighted by molar-refractivity contribution is 9.10. The zero-order valence-electron chi connectivity index (χ0n) is 10.4. The summed E-state index contributed by atoms with van der Waals surface area (Å²) in [6, 6.07) is 7.90. The van der Waals surface area contributed by atoms with Gasteiger partial charge in [-0.2, -0.15) is 0 Å². The maximum absolute atomic E-state index is 11.9. The molecule has 5 heteroatoms. The van der Waals surface area contributed by atoms with Crippen LogP contribution in [0.25, 0.3) is 0 Å². The molecule has 98 valence electrons. The number of carbonyl (C=O) groups excluding carboxylic acids is 1. The van der Waals surface area contributed by atoms with Crippen molar-refractivity contribution >= 4 is 21.8 Å². The molecular weight excluding hydrogens is 296 g/mol. The van der Waals surface area contributed by atoms with Crippen LogP contribution in [0.4, 0.5) is 0 Å². The quantitative estimate of drug-likeness (QED) is 0.921. The Kier molecular flexibility index (Phi) is 4.04. The van der Waals surface area contributed by atoms with Crippen molar-refractivity contribution in [2.45, 2.75) is 19.1 Å². The van der Waals surface area contributed by atoms with Gasteiger partial charge in [0.05, 0.1) is 12.1 Å². The highest BCUT2D eigenvalue weighted by Gasteiger charge is 2.34. The van der Waals surface area contributed by atoms with Gasteiger partial charge in [0.1, 0.15) is 6.61 Å². The first kappa shape index (κ1) is 13.5. The second kappa shape index (κ2) is 5.38. The number of morpholine rings is 1. The van der Waals surface area contributed by atoms with Crippen LogP contribution < -0.4 is 5.73 Å². The first-order chi connectivity index (χ1) is 8.54. The number of halogens is 1. The third-order valence-electron chi connectivity index (χ3n) is 3.17. The fraction of sp³-hybridized carbons (Fsp3) is 0.462. The molecule has 1 atom stereocenters. The monoisotopic (exact) mass is 312 g/mol. The molecule has 1 fully saturated rings. The molecule has 1 aromatic rings. The first-order valence-electron chi connectivity index (χ1n) is 5.89. The number of carbonyl (C=O) groups is 1. The maximum Gasteiger partial charge on any atom is 0.249 e. The van der Waals surface area contributed by atoms with Crippen molar-refractivity contribution in [3.63, 3.8) is 0 Å². The predicted octanol–water partition coefficient (Wildman–Crippen LogP) is 1.53. The van der Waals surface area contributed by atoms with E-state index in [4.69, 9.17) is 10.5 Å². The van der Waals surface area contributed by atoms with Crippen LogP contribution in [0.5, 0.6) is 0 Å². The Balaban J connectivity index is 2.12. The van der Waals surface area contributed by atoms with Gasteiger partial charge in [-0.15, -0.1) is 0 Å². The molecule has 1 aliphatic rings. The van der Waals surface area contributed by atoms with Crippen molar-refractivity contribution in [2.24, 2.45) is 5.73 Å². The molecule has 1 amide bonds. The number of hydrogen-bond acceptors (Lipinski definition) is 3. The minimum Gasteiger partial charge on any atom is -0.362 e. The third-order valence-corrected chi connectivity index (χ3v) is 3.95. The molecule has 2 N–H and O–H groups in total. The van der Waals surface area contributed by atoms with Crippen LogP contribution in [0, 0.1) is 0 Å². The summed E-state index contributed by atoms with van der Waals surface area (Å²) in [5.74, 6) is 0.0108. The van der Waals surface area contributed by atoms with Crippen molar-refractivity contribution in [1.82, 2.24) is 4.90 Å². The molecule has 0 aliphatic carbocycles. The lowest BCUT2D eigenvalue weighted by atomic mass is 10.0. The number of benzene rings is 1. The molecule has 1 aliphatic heterocycles. The summed E-state index contributed by atoms with van der Waals surface area (Å²) in [6.07, 6.45) is 0. The Morgan fingerprint density at radius 1 is 1.50 bits per heavy atom. The Hall–Kier alpha value is -0.910. The van der Waals surface area contributed by atoms with Gasteiger partial charge in [-0.05, 0) is 18.6 Å². The second-order valence-corrected chi connectivity index (χ2v) is 5.64. The van der Waals surface area contributed by atoms with Gasteiger partial charge in [-0.3, -0.25) is 4.79 Å². The summed E-state index contributed by atoms with van der Waals surface area (Å²) in [5.41, 5.74) is 6.35. The molecule has 1 aromatic carbocycles. The van der Waals surface area contributed by atoms with E-state index in [0.29, 0.717) is 19.6 Å². The third kappa shape index (κ3) is 2.91. The van der Waals surface area contributed by atoms with Crippen molar-refractivity contribution in [1.29, 1.82) is 0 Å². The number of amides is 1. The second-order valence-electron chi connectivity index (χ2n) is 4.78. The van der Waals surface area contributed by atoms with E-state index >= 15 is 0 Å². The zero-order chi connectivity index (χ0) is 13.2. The molecule has 1 saturated heterocycles. The molecule has 1 unspecified atom stereocenters. The average molecular weight is 313 g/mol. The van der Waals surface area contributed by atoms with Crippen LogP contribution >= 0.6 is 15.9 Å². The van der Waals surface area contributed by atoms with Crippen molar-refractivity contribution < 1.29 is 9.53 Å². The fourth-order valence-corrected chi connectivity index (χ4v) is 2.37. The lowest BCUT2D eigenvalue weighted by Gasteiger charge is -2.39. The van der Waals surface area contributed by atoms with Crippen LogP contribution in [0.2, 0.25) is 0 Å². The standard InChI is InChI=1S/C13H17BrN2O2/c1-13(8-15)9-16(12(17)7-18-13)6-10-4-2-3-5-11(10)14/h2-5H,6-9,15H2,1H3. The highest BCUT2D eigenvalue weighted by atomic mass is 79.9. The Morgan fingerprint density at radius 3 is 2.89 bits per heavy atom. The van der Waals surface area contributed by atoms with Crippen molar-refractivity contribution in [3.05, 3.63) is 34.3 Å². The van der Waals surface area contributed by atoms with Crippen molar-refractivity contribution in [2.75, 3.05) is 19.7 Å². The van der Waals surface area contributed by atoms with Crippen LogP contribution in [0.3, 0.4) is 0 Å². The van der Waals surface area contributed by atoms with Crippen LogP contribution in [-0.2, 0) is 16.1 Å². The molecule has 18 heavy (non-hydrogen) atoms. The molecule has 0 spiro atoms. The van der Waals surface area contributed by atoms with E-state index < -0.39 is 5.60 Å². The maximum atomic E-state index is 11.9. The van der Waals surface area contributed by atoms with E-state index in [1.54, 1.807) is 4.90 Å². The summed E-state index contributed by atoms with van der Waals surface area (Å²) >= 11 is 3.49. The smallest absolute Gasteiger partial charge is 0.249 e. The van der Waals surface area contributed by atoms with Gasteiger partial charge < -0.3 is 15.4 Å². The Labute approximate surface area is 115 Å². The van der Waals surface area contributed by atoms with Gasteiger partial charge >= 0.3 is 0 Å². The van der Waals surface area contributed by atoms with Gasteiger partial charge in [0.15, 0.2) is 0 Å². The normalized spacial score (nSPS) is 24.4. The fourth-order valence-electron chi connectivity index (χ4n) is 1.96. The molecule has 4 nitrogen and oxygen atoms in total. The van der Waals surface area contributed by atoms with Crippen LogP contribution in [-0.4, -0.2) is 36.1 Å². The minimum atomic E-state index is -0.435. The molecule has 0 saturated carbocycles. The van der Waals surface area contributed by atoms with E-state index in [1.807, 2.05) is 31.2 Å². The minimum absolute atomic E-state index is 0.0108.